The Morgan fingerprint density at radius 3 is 2.94 bits per heavy atom. The summed E-state index contributed by atoms with van der Waals surface area (Å²) in [6, 6.07) is 10.2. The first-order chi connectivity index (χ1) is 8.19. The molecule has 0 saturated carbocycles. The van der Waals surface area contributed by atoms with Crippen molar-refractivity contribution >= 4 is 38.1 Å². The maximum Gasteiger partial charge on any atom is 0.130 e. The number of rotatable bonds is 0. The number of aryl methyl sites for hydroxylation is 1. The lowest BCUT2D eigenvalue weighted by molar-refractivity contribution is 1.47. The number of nitriles is 1. The first-order valence-corrected chi connectivity index (χ1v) is 6.00. The van der Waals surface area contributed by atoms with Crippen LogP contribution in [0.15, 0.2) is 24.3 Å². The molecule has 4 heteroatoms. The van der Waals surface area contributed by atoms with Gasteiger partial charge in [-0.05, 0) is 25.1 Å². The van der Waals surface area contributed by atoms with Crippen molar-refractivity contribution in [2.75, 3.05) is 5.73 Å². The molecule has 1 aromatic carbocycles. The largest absolute Gasteiger partial charge is 0.396 e. The van der Waals surface area contributed by atoms with Crippen molar-refractivity contribution in [1.29, 1.82) is 5.26 Å². The molecule has 2 heterocycles. The molecule has 0 saturated heterocycles. The maximum atomic E-state index is 8.95. The van der Waals surface area contributed by atoms with Gasteiger partial charge in [-0.2, -0.15) is 5.26 Å². The Balaban J connectivity index is 2.47. The Labute approximate surface area is 102 Å². The molecule has 2 aromatic heterocycles. The number of fused-ring (bicyclic) bond motifs is 2. The van der Waals surface area contributed by atoms with Gasteiger partial charge in [0.25, 0.3) is 0 Å². The summed E-state index contributed by atoms with van der Waals surface area (Å²) in [4.78, 5) is 5.91. The molecule has 0 fully saturated rings. The summed E-state index contributed by atoms with van der Waals surface area (Å²) in [6.07, 6.45) is 0. The number of nitrogens with zero attached hydrogens (tertiary/aromatic N) is 2. The molecular weight excluding hydrogens is 230 g/mol. The summed E-state index contributed by atoms with van der Waals surface area (Å²) in [7, 11) is 0. The molecule has 17 heavy (non-hydrogen) atoms. The summed E-state index contributed by atoms with van der Waals surface area (Å²) in [5, 5.41) is 10.9. The van der Waals surface area contributed by atoms with E-state index in [4.69, 9.17) is 11.0 Å². The normalized spacial score (nSPS) is 10.8. The fourth-order valence-corrected chi connectivity index (χ4v) is 2.79. The van der Waals surface area contributed by atoms with Crippen LogP contribution in [-0.2, 0) is 0 Å². The van der Waals surface area contributed by atoms with E-state index >= 15 is 0 Å². The van der Waals surface area contributed by atoms with Gasteiger partial charge in [0, 0.05) is 10.8 Å². The molecule has 0 aliphatic heterocycles. The minimum absolute atomic E-state index is 0.541. The van der Waals surface area contributed by atoms with E-state index in [-0.39, 0.29) is 0 Å². The van der Waals surface area contributed by atoms with Gasteiger partial charge in [0.1, 0.15) is 15.8 Å². The van der Waals surface area contributed by atoms with E-state index in [0.29, 0.717) is 10.6 Å². The van der Waals surface area contributed by atoms with Crippen LogP contribution in [0.4, 0.5) is 5.69 Å². The molecule has 3 rings (SSSR count). The number of benzene rings is 1. The maximum absolute atomic E-state index is 8.95. The van der Waals surface area contributed by atoms with Gasteiger partial charge in [0.05, 0.1) is 11.2 Å². The van der Waals surface area contributed by atoms with Crippen molar-refractivity contribution in [2.24, 2.45) is 0 Å². The van der Waals surface area contributed by atoms with Crippen LogP contribution in [0.2, 0.25) is 0 Å². The summed E-state index contributed by atoms with van der Waals surface area (Å²) >= 11 is 1.35. The van der Waals surface area contributed by atoms with Crippen molar-refractivity contribution in [3.05, 3.63) is 34.7 Å². The molecular formula is C13H9N3S. The highest BCUT2D eigenvalue weighted by atomic mass is 32.1. The highest BCUT2D eigenvalue weighted by Gasteiger charge is 2.11. The third-order valence-corrected chi connectivity index (χ3v) is 3.79. The molecule has 0 aliphatic rings. The second kappa shape index (κ2) is 3.44. The topological polar surface area (TPSA) is 62.7 Å². The van der Waals surface area contributed by atoms with Crippen LogP contribution in [0.5, 0.6) is 0 Å². The molecule has 2 N–H and O–H groups in total. The number of thiophene rings is 1. The van der Waals surface area contributed by atoms with E-state index in [1.807, 2.05) is 25.1 Å². The predicted molar refractivity (Wildman–Crippen MR) is 71.0 cm³/mol. The Morgan fingerprint density at radius 2 is 2.18 bits per heavy atom. The lowest BCUT2D eigenvalue weighted by Gasteiger charge is -1.99. The molecule has 3 nitrogen and oxygen atoms in total. The monoisotopic (exact) mass is 239 g/mol. The van der Waals surface area contributed by atoms with E-state index in [9.17, 15) is 0 Å². The Morgan fingerprint density at radius 1 is 1.35 bits per heavy atom. The van der Waals surface area contributed by atoms with Gasteiger partial charge in [0.15, 0.2) is 0 Å². The molecule has 0 unspecified atom stereocenters. The minimum atomic E-state index is 0.541. The van der Waals surface area contributed by atoms with E-state index < -0.39 is 0 Å². The average Bonchev–Trinajstić information content (AvgIpc) is 2.63. The summed E-state index contributed by atoms with van der Waals surface area (Å²) < 4.78 is 0. The standard InChI is InChI=1S/C13H9N3S/c1-7-2-3-10-8(4-7)5-9-12(15)11(6-14)17-13(9)16-10/h2-5H,15H2,1H3. The summed E-state index contributed by atoms with van der Waals surface area (Å²) in [6.45, 7) is 2.04. The number of anilines is 1. The fourth-order valence-electron chi connectivity index (χ4n) is 1.91. The predicted octanol–water partition coefficient (Wildman–Crippen LogP) is 3.21. The molecule has 0 radical (unpaired) electrons. The Hall–Kier alpha value is -2.12. The lowest BCUT2D eigenvalue weighted by atomic mass is 10.1. The van der Waals surface area contributed by atoms with Crippen molar-refractivity contribution in [3.63, 3.8) is 0 Å². The van der Waals surface area contributed by atoms with E-state index in [2.05, 4.69) is 17.1 Å². The molecule has 0 atom stereocenters. The number of hydrogen-bond donors (Lipinski definition) is 1. The van der Waals surface area contributed by atoms with Crippen LogP contribution in [-0.4, -0.2) is 4.98 Å². The van der Waals surface area contributed by atoms with Crippen LogP contribution in [0.3, 0.4) is 0 Å². The summed E-state index contributed by atoms with van der Waals surface area (Å²) in [5.41, 5.74) is 8.60. The van der Waals surface area contributed by atoms with Gasteiger partial charge in [-0.15, -0.1) is 11.3 Å². The Bertz CT molecular complexity index is 781. The summed E-state index contributed by atoms with van der Waals surface area (Å²) in [5.74, 6) is 0. The van der Waals surface area contributed by atoms with Crippen LogP contribution in [0.1, 0.15) is 10.4 Å². The lowest BCUT2D eigenvalue weighted by Crippen LogP contribution is -1.86. The van der Waals surface area contributed by atoms with Crippen molar-refractivity contribution < 1.29 is 0 Å². The fraction of sp³-hybridized carbons (Fsp3) is 0.0769. The first kappa shape index (κ1) is 10.1. The number of hydrogen-bond acceptors (Lipinski definition) is 4. The number of nitrogens with two attached hydrogens (primary N) is 1. The van der Waals surface area contributed by atoms with Crippen LogP contribution in [0, 0.1) is 18.3 Å². The molecule has 3 aromatic rings. The highest BCUT2D eigenvalue weighted by Crippen LogP contribution is 2.33. The van der Waals surface area contributed by atoms with Gasteiger partial charge >= 0.3 is 0 Å². The number of pyridine rings is 1. The van der Waals surface area contributed by atoms with Crippen molar-refractivity contribution in [2.45, 2.75) is 6.92 Å². The van der Waals surface area contributed by atoms with Gasteiger partial charge in [0.2, 0.25) is 0 Å². The smallest absolute Gasteiger partial charge is 0.130 e. The van der Waals surface area contributed by atoms with Crippen LogP contribution in [0.25, 0.3) is 21.1 Å². The minimum Gasteiger partial charge on any atom is -0.396 e. The van der Waals surface area contributed by atoms with Gasteiger partial charge in [-0.1, -0.05) is 11.6 Å². The first-order valence-electron chi connectivity index (χ1n) is 5.18. The second-order valence-corrected chi connectivity index (χ2v) is 4.99. The Kier molecular flexibility index (Phi) is 2.03. The third kappa shape index (κ3) is 1.44. The quantitative estimate of drug-likeness (QED) is 0.655. The average molecular weight is 239 g/mol. The molecule has 0 aliphatic carbocycles. The van der Waals surface area contributed by atoms with Crippen molar-refractivity contribution in [3.8, 4) is 6.07 Å². The zero-order chi connectivity index (χ0) is 12.0. The molecule has 82 valence electrons. The van der Waals surface area contributed by atoms with Gasteiger partial charge in [-0.3, -0.25) is 0 Å². The van der Waals surface area contributed by atoms with Gasteiger partial charge in [-0.25, -0.2) is 4.98 Å². The van der Waals surface area contributed by atoms with E-state index in [0.717, 1.165) is 21.1 Å². The second-order valence-electron chi connectivity index (χ2n) is 3.99. The molecule has 0 bridgehead atoms. The SMILES string of the molecule is Cc1ccc2nc3sc(C#N)c(N)c3cc2c1. The van der Waals surface area contributed by atoms with E-state index in [1.165, 1.54) is 16.9 Å². The molecule has 0 amide bonds. The van der Waals surface area contributed by atoms with Crippen molar-refractivity contribution in [1.82, 2.24) is 4.98 Å². The number of aromatic nitrogens is 1. The highest BCUT2D eigenvalue weighted by molar-refractivity contribution is 7.19. The van der Waals surface area contributed by atoms with Crippen LogP contribution < -0.4 is 5.73 Å². The van der Waals surface area contributed by atoms with E-state index in [1.54, 1.807) is 0 Å². The third-order valence-electron chi connectivity index (χ3n) is 2.77. The van der Waals surface area contributed by atoms with Gasteiger partial charge < -0.3 is 5.73 Å². The van der Waals surface area contributed by atoms with Crippen LogP contribution >= 0.6 is 11.3 Å². The number of nitrogen functional groups attached to an aromatic ring is 1. The zero-order valence-corrected chi connectivity index (χ0v) is 10.0. The zero-order valence-electron chi connectivity index (χ0n) is 9.19. The molecule has 0 spiro atoms.